The molecule has 0 radical (unpaired) electrons. The molecule has 1 aromatic carbocycles. The zero-order valence-electron chi connectivity index (χ0n) is 6.84. The molecule has 0 fully saturated rings. The maximum absolute atomic E-state index is 4.64. The first kappa shape index (κ1) is 12.2. The normalized spacial score (nSPS) is 6.00. The minimum absolute atomic E-state index is 1.47. The Labute approximate surface area is 68.8 Å². The van der Waals surface area contributed by atoms with E-state index in [1.807, 2.05) is 50.2 Å². The molecular weight excluding hydrogens is 144 g/mol. The van der Waals surface area contributed by atoms with Gasteiger partial charge in [-0.2, -0.15) is 0 Å². The lowest BCUT2D eigenvalue weighted by molar-refractivity contribution is 1.50. The third-order valence-electron chi connectivity index (χ3n) is 0.667. The van der Waals surface area contributed by atoms with Gasteiger partial charge in [-0.15, -0.1) is 11.6 Å². The lowest BCUT2D eigenvalue weighted by Gasteiger charge is -1.69. The quantitative estimate of drug-likeness (QED) is 0.507. The van der Waals surface area contributed by atoms with Crippen molar-refractivity contribution in [1.82, 2.24) is 0 Å². The Hall–Kier alpha value is -0.490. The summed E-state index contributed by atoms with van der Waals surface area (Å²) in [7, 11) is 0. The van der Waals surface area contributed by atoms with Gasteiger partial charge in [0, 0.05) is 6.38 Å². The SMILES string of the molecule is CC.CCl.c1ccccc1. The van der Waals surface area contributed by atoms with Gasteiger partial charge in [-0.3, -0.25) is 0 Å². The van der Waals surface area contributed by atoms with Gasteiger partial charge in [0.2, 0.25) is 0 Å². The van der Waals surface area contributed by atoms with Crippen LogP contribution in [0.1, 0.15) is 13.8 Å². The topological polar surface area (TPSA) is 0 Å². The summed E-state index contributed by atoms with van der Waals surface area (Å²) in [6.45, 7) is 4.00. The number of hydrogen-bond acceptors (Lipinski definition) is 0. The van der Waals surface area contributed by atoms with Crippen molar-refractivity contribution in [3.63, 3.8) is 0 Å². The summed E-state index contributed by atoms with van der Waals surface area (Å²) < 4.78 is 0. The van der Waals surface area contributed by atoms with Crippen LogP contribution in [0, 0.1) is 0 Å². The Morgan fingerprint density at radius 3 is 0.800 bits per heavy atom. The Bertz CT molecular complexity index is 76.7. The molecule has 0 nitrogen and oxygen atoms in total. The lowest BCUT2D eigenvalue weighted by Crippen LogP contribution is -1.47. The Balaban J connectivity index is 0. The van der Waals surface area contributed by atoms with E-state index in [0.29, 0.717) is 0 Å². The van der Waals surface area contributed by atoms with Crippen LogP contribution >= 0.6 is 11.6 Å². The predicted octanol–water partition coefficient (Wildman–Crippen LogP) is 3.57. The van der Waals surface area contributed by atoms with Gasteiger partial charge < -0.3 is 0 Å². The summed E-state index contributed by atoms with van der Waals surface area (Å²) in [6.07, 6.45) is 1.47. The van der Waals surface area contributed by atoms with E-state index < -0.39 is 0 Å². The van der Waals surface area contributed by atoms with Gasteiger partial charge in [-0.25, -0.2) is 0 Å². The fourth-order valence-electron chi connectivity index (χ4n) is 0.385. The Morgan fingerprint density at radius 2 is 0.700 bits per heavy atom. The second kappa shape index (κ2) is 15.8. The summed E-state index contributed by atoms with van der Waals surface area (Å²) in [5, 5.41) is 0. The molecule has 0 saturated heterocycles. The summed E-state index contributed by atoms with van der Waals surface area (Å²) >= 11 is 4.64. The highest BCUT2D eigenvalue weighted by molar-refractivity contribution is 6.15. The van der Waals surface area contributed by atoms with Crippen molar-refractivity contribution < 1.29 is 0 Å². The summed E-state index contributed by atoms with van der Waals surface area (Å²) in [5.41, 5.74) is 0. The van der Waals surface area contributed by atoms with E-state index in [-0.39, 0.29) is 0 Å². The van der Waals surface area contributed by atoms with Crippen molar-refractivity contribution in [2.75, 3.05) is 6.38 Å². The number of rotatable bonds is 0. The number of hydrogen-bond donors (Lipinski definition) is 0. The summed E-state index contributed by atoms with van der Waals surface area (Å²) in [5.74, 6) is 0. The zero-order valence-corrected chi connectivity index (χ0v) is 7.60. The first-order valence-electron chi connectivity index (χ1n) is 3.38. The van der Waals surface area contributed by atoms with Gasteiger partial charge in [0.1, 0.15) is 0 Å². The third-order valence-corrected chi connectivity index (χ3v) is 0.667. The molecule has 0 atom stereocenters. The summed E-state index contributed by atoms with van der Waals surface area (Å²) in [6, 6.07) is 12.0. The van der Waals surface area contributed by atoms with Crippen LogP contribution in [0.25, 0.3) is 0 Å². The number of halogens is 1. The maximum Gasteiger partial charge on any atom is 0.0108 e. The Morgan fingerprint density at radius 1 is 0.600 bits per heavy atom. The second-order valence-electron chi connectivity index (χ2n) is 1.15. The third kappa shape index (κ3) is 10.5. The van der Waals surface area contributed by atoms with E-state index in [0.717, 1.165) is 0 Å². The van der Waals surface area contributed by atoms with Crippen molar-refractivity contribution in [3.05, 3.63) is 36.4 Å². The Kier molecular flexibility index (Phi) is 19.3. The van der Waals surface area contributed by atoms with Gasteiger partial charge in [0.05, 0.1) is 0 Å². The fraction of sp³-hybridized carbons (Fsp3) is 0.333. The molecule has 0 N–H and O–H groups in total. The highest BCUT2D eigenvalue weighted by atomic mass is 35.5. The van der Waals surface area contributed by atoms with E-state index in [4.69, 9.17) is 0 Å². The molecule has 0 unspecified atom stereocenters. The maximum atomic E-state index is 4.64. The highest BCUT2D eigenvalue weighted by Crippen LogP contribution is 1.79. The number of alkyl halides is 1. The van der Waals surface area contributed by atoms with Crippen LogP contribution in [0.3, 0.4) is 0 Å². The number of benzene rings is 1. The van der Waals surface area contributed by atoms with Crippen LogP contribution in [0.2, 0.25) is 0 Å². The average molecular weight is 159 g/mol. The van der Waals surface area contributed by atoms with Crippen molar-refractivity contribution in [2.45, 2.75) is 13.8 Å². The van der Waals surface area contributed by atoms with E-state index in [1.165, 1.54) is 6.38 Å². The standard InChI is InChI=1S/C6H6.C2H6.CH3Cl/c1-2-4-6-5-3-1;2*1-2/h1-6H;1-2H3;1H3. The van der Waals surface area contributed by atoms with Gasteiger partial charge in [0.15, 0.2) is 0 Å². The first-order valence-corrected chi connectivity index (χ1v) is 4.13. The molecular formula is C9H15Cl. The van der Waals surface area contributed by atoms with E-state index in [1.54, 1.807) is 0 Å². The molecule has 1 rings (SSSR count). The molecule has 0 spiro atoms. The molecule has 0 bridgehead atoms. The summed E-state index contributed by atoms with van der Waals surface area (Å²) in [4.78, 5) is 0. The molecule has 0 aromatic heterocycles. The van der Waals surface area contributed by atoms with Crippen molar-refractivity contribution in [1.29, 1.82) is 0 Å². The molecule has 0 saturated carbocycles. The predicted molar refractivity (Wildman–Crippen MR) is 49.6 cm³/mol. The fourth-order valence-corrected chi connectivity index (χ4v) is 0.385. The zero-order chi connectivity index (χ0) is 8.24. The van der Waals surface area contributed by atoms with Crippen molar-refractivity contribution in [3.8, 4) is 0 Å². The van der Waals surface area contributed by atoms with E-state index >= 15 is 0 Å². The lowest BCUT2D eigenvalue weighted by atomic mass is 10.4. The molecule has 1 heteroatoms. The first-order chi connectivity index (χ1) is 5.00. The van der Waals surface area contributed by atoms with Crippen LogP contribution in [0.4, 0.5) is 0 Å². The van der Waals surface area contributed by atoms with Crippen molar-refractivity contribution in [2.24, 2.45) is 0 Å². The largest absolute Gasteiger partial charge is 0.130 e. The molecule has 0 aliphatic heterocycles. The molecule has 0 aliphatic carbocycles. The van der Waals surface area contributed by atoms with Crippen molar-refractivity contribution >= 4 is 11.6 Å². The molecule has 0 aliphatic rings. The molecule has 58 valence electrons. The minimum Gasteiger partial charge on any atom is -0.130 e. The molecule has 0 heterocycles. The average Bonchev–Trinajstić information content (AvgIpc) is 2.14. The van der Waals surface area contributed by atoms with Crippen LogP contribution in [-0.2, 0) is 0 Å². The van der Waals surface area contributed by atoms with E-state index in [2.05, 4.69) is 11.6 Å². The molecule has 10 heavy (non-hydrogen) atoms. The molecule has 0 amide bonds. The smallest absolute Gasteiger partial charge is 0.0108 e. The van der Waals surface area contributed by atoms with Crippen LogP contribution in [0.5, 0.6) is 0 Å². The van der Waals surface area contributed by atoms with Gasteiger partial charge in [-0.05, 0) is 0 Å². The van der Waals surface area contributed by atoms with Gasteiger partial charge >= 0.3 is 0 Å². The monoisotopic (exact) mass is 158 g/mol. The van der Waals surface area contributed by atoms with Gasteiger partial charge in [-0.1, -0.05) is 50.2 Å². The molecule has 1 aromatic rings. The van der Waals surface area contributed by atoms with Crippen LogP contribution in [0.15, 0.2) is 36.4 Å². The second-order valence-corrected chi connectivity index (χ2v) is 1.15. The van der Waals surface area contributed by atoms with Gasteiger partial charge in [0.25, 0.3) is 0 Å². The highest BCUT2D eigenvalue weighted by Gasteiger charge is 1.57. The van der Waals surface area contributed by atoms with Crippen LogP contribution in [-0.4, -0.2) is 6.38 Å². The van der Waals surface area contributed by atoms with Crippen LogP contribution < -0.4 is 0 Å². The minimum atomic E-state index is 1.47. The van der Waals surface area contributed by atoms with E-state index in [9.17, 15) is 0 Å².